The molecule has 0 aliphatic heterocycles. The molecule has 1 atom stereocenters. The Hall–Kier alpha value is -2.34. The summed E-state index contributed by atoms with van der Waals surface area (Å²) in [6.45, 7) is 0.401. The summed E-state index contributed by atoms with van der Waals surface area (Å²) in [7, 11) is 5.45. The van der Waals surface area contributed by atoms with E-state index in [2.05, 4.69) is 10.4 Å². The smallest absolute Gasteiger partial charge is 0.234 e. The Morgan fingerprint density at radius 1 is 1.38 bits per heavy atom. The Bertz CT molecular complexity index is 706. The summed E-state index contributed by atoms with van der Waals surface area (Å²) in [5.41, 5.74) is 3.32. The van der Waals surface area contributed by atoms with Crippen LogP contribution in [-0.4, -0.2) is 48.3 Å². The third-order valence-electron chi connectivity index (χ3n) is 4.30. The van der Waals surface area contributed by atoms with Gasteiger partial charge in [-0.2, -0.15) is 5.10 Å². The Morgan fingerprint density at radius 3 is 2.79 bits per heavy atom. The van der Waals surface area contributed by atoms with Gasteiger partial charge in [-0.3, -0.25) is 4.79 Å². The molecular formula is C18H24N4O2. The lowest BCUT2D eigenvalue weighted by Gasteiger charge is -2.25. The van der Waals surface area contributed by atoms with E-state index in [-0.39, 0.29) is 11.9 Å². The van der Waals surface area contributed by atoms with Gasteiger partial charge in [0.1, 0.15) is 5.75 Å². The minimum atomic E-state index is 0.0493. The first kappa shape index (κ1) is 16.5. The predicted octanol–water partition coefficient (Wildman–Crippen LogP) is 1.94. The van der Waals surface area contributed by atoms with Crippen LogP contribution in [0.2, 0.25) is 0 Å². The number of ether oxygens (including phenoxy) is 1. The van der Waals surface area contributed by atoms with E-state index in [1.54, 1.807) is 7.11 Å². The Balaban J connectivity index is 1.82. The SMILES string of the molecule is COc1ccc(-n2ncc3c2CCCC3NC(=O)CN(C)C)cc1. The van der Waals surface area contributed by atoms with Crippen LogP contribution in [0.5, 0.6) is 5.75 Å². The predicted molar refractivity (Wildman–Crippen MR) is 92.5 cm³/mol. The van der Waals surface area contributed by atoms with Crippen LogP contribution in [0.3, 0.4) is 0 Å². The van der Waals surface area contributed by atoms with Crippen molar-refractivity contribution in [3.05, 3.63) is 41.7 Å². The van der Waals surface area contributed by atoms with Crippen molar-refractivity contribution in [2.24, 2.45) is 0 Å². The average molecular weight is 328 g/mol. The van der Waals surface area contributed by atoms with Crippen molar-refractivity contribution in [2.75, 3.05) is 27.7 Å². The van der Waals surface area contributed by atoms with E-state index in [0.29, 0.717) is 6.54 Å². The molecule has 128 valence electrons. The topological polar surface area (TPSA) is 59.4 Å². The van der Waals surface area contributed by atoms with Gasteiger partial charge in [0.25, 0.3) is 0 Å². The Labute approximate surface area is 142 Å². The van der Waals surface area contributed by atoms with Crippen LogP contribution in [-0.2, 0) is 11.2 Å². The van der Waals surface area contributed by atoms with Crippen molar-refractivity contribution in [2.45, 2.75) is 25.3 Å². The Morgan fingerprint density at radius 2 is 2.12 bits per heavy atom. The zero-order valence-electron chi connectivity index (χ0n) is 14.5. The number of carbonyl (C=O) groups is 1. The normalized spacial score (nSPS) is 16.8. The number of amides is 1. The van der Waals surface area contributed by atoms with E-state index >= 15 is 0 Å². The van der Waals surface area contributed by atoms with Crippen molar-refractivity contribution in [3.8, 4) is 11.4 Å². The van der Waals surface area contributed by atoms with Crippen molar-refractivity contribution in [1.82, 2.24) is 20.0 Å². The standard InChI is InChI=1S/C18H24N4O2/c1-21(2)12-18(23)20-16-5-4-6-17-15(16)11-19-22(17)13-7-9-14(24-3)10-8-13/h7-11,16H,4-6,12H2,1-3H3,(H,20,23). The monoisotopic (exact) mass is 328 g/mol. The Kier molecular flexibility index (Phi) is 4.85. The van der Waals surface area contributed by atoms with Gasteiger partial charge in [0.05, 0.1) is 31.6 Å². The molecule has 6 heteroatoms. The van der Waals surface area contributed by atoms with E-state index in [1.807, 2.05) is 54.1 Å². The number of hydrogen-bond acceptors (Lipinski definition) is 4. The van der Waals surface area contributed by atoms with E-state index < -0.39 is 0 Å². The second-order valence-corrected chi connectivity index (χ2v) is 6.41. The molecule has 0 saturated heterocycles. The summed E-state index contributed by atoms with van der Waals surface area (Å²) in [5, 5.41) is 7.69. The number of nitrogens with zero attached hydrogens (tertiary/aromatic N) is 3. The number of hydrogen-bond donors (Lipinski definition) is 1. The molecule has 1 aliphatic rings. The van der Waals surface area contributed by atoms with Gasteiger partial charge in [0, 0.05) is 11.3 Å². The highest BCUT2D eigenvalue weighted by Crippen LogP contribution is 2.31. The van der Waals surface area contributed by atoms with Crippen LogP contribution < -0.4 is 10.1 Å². The molecule has 0 saturated carbocycles. The summed E-state index contributed by atoms with van der Waals surface area (Å²) in [5.74, 6) is 0.878. The quantitative estimate of drug-likeness (QED) is 0.911. The molecule has 1 heterocycles. The molecule has 1 N–H and O–H groups in total. The number of rotatable bonds is 5. The van der Waals surface area contributed by atoms with Gasteiger partial charge in [-0.15, -0.1) is 0 Å². The lowest BCUT2D eigenvalue weighted by atomic mass is 9.93. The van der Waals surface area contributed by atoms with E-state index in [4.69, 9.17) is 4.74 Å². The molecule has 0 radical (unpaired) electrons. The van der Waals surface area contributed by atoms with Gasteiger partial charge in [-0.05, 0) is 57.6 Å². The van der Waals surface area contributed by atoms with Gasteiger partial charge in [-0.25, -0.2) is 4.68 Å². The molecule has 3 rings (SSSR count). The second kappa shape index (κ2) is 7.05. The molecule has 0 spiro atoms. The summed E-state index contributed by atoms with van der Waals surface area (Å²) in [6, 6.07) is 7.92. The van der Waals surface area contributed by atoms with Gasteiger partial charge in [0.15, 0.2) is 0 Å². The largest absolute Gasteiger partial charge is 0.497 e. The second-order valence-electron chi connectivity index (χ2n) is 6.41. The maximum Gasteiger partial charge on any atom is 0.234 e. The molecule has 6 nitrogen and oxygen atoms in total. The molecule has 0 fully saturated rings. The fourth-order valence-corrected chi connectivity index (χ4v) is 3.18. The molecule has 24 heavy (non-hydrogen) atoms. The van der Waals surface area contributed by atoms with Crippen molar-refractivity contribution >= 4 is 5.91 Å². The summed E-state index contributed by atoms with van der Waals surface area (Å²) < 4.78 is 7.18. The first-order chi connectivity index (χ1) is 11.6. The van der Waals surface area contributed by atoms with Crippen molar-refractivity contribution in [3.63, 3.8) is 0 Å². The van der Waals surface area contributed by atoms with Crippen molar-refractivity contribution < 1.29 is 9.53 Å². The first-order valence-electron chi connectivity index (χ1n) is 8.24. The molecule has 1 aromatic heterocycles. The third kappa shape index (κ3) is 3.43. The summed E-state index contributed by atoms with van der Waals surface area (Å²) in [4.78, 5) is 14.0. The van der Waals surface area contributed by atoms with Crippen LogP contribution in [0.15, 0.2) is 30.5 Å². The highest BCUT2D eigenvalue weighted by molar-refractivity contribution is 5.78. The summed E-state index contributed by atoms with van der Waals surface area (Å²) in [6.07, 6.45) is 4.86. The van der Waals surface area contributed by atoms with Crippen LogP contribution in [0.25, 0.3) is 5.69 Å². The van der Waals surface area contributed by atoms with Crippen LogP contribution >= 0.6 is 0 Å². The molecule has 2 aromatic rings. The highest BCUT2D eigenvalue weighted by Gasteiger charge is 2.26. The van der Waals surface area contributed by atoms with Crippen molar-refractivity contribution in [1.29, 1.82) is 0 Å². The van der Waals surface area contributed by atoms with E-state index in [0.717, 1.165) is 36.3 Å². The number of nitrogens with one attached hydrogen (secondary N) is 1. The number of methoxy groups -OCH3 is 1. The third-order valence-corrected chi connectivity index (χ3v) is 4.30. The number of aromatic nitrogens is 2. The zero-order valence-corrected chi connectivity index (χ0v) is 14.5. The number of carbonyl (C=O) groups excluding carboxylic acids is 1. The lowest BCUT2D eigenvalue weighted by Crippen LogP contribution is -2.37. The maximum atomic E-state index is 12.1. The molecular weight excluding hydrogens is 304 g/mol. The minimum Gasteiger partial charge on any atom is -0.497 e. The first-order valence-corrected chi connectivity index (χ1v) is 8.24. The highest BCUT2D eigenvalue weighted by atomic mass is 16.5. The van der Waals surface area contributed by atoms with Gasteiger partial charge >= 0.3 is 0 Å². The molecule has 1 unspecified atom stereocenters. The molecule has 1 aromatic carbocycles. The lowest BCUT2D eigenvalue weighted by molar-refractivity contribution is -0.122. The van der Waals surface area contributed by atoms with Gasteiger partial charge < -0.3 is 15.0 Å². The van der Waals surface area contributed by atoms with E-state index in [9.17, 15) is 4.79 Å². The van der Waals surface area contributed by atoms with Crippen LogP contribution in [0.1, 0.15) is 30.1 Å². The molecule has 1 aliphatic carbocycles. The van der Waals surface area contributed by atoms with Gasteiger partial charge in [0.2, 0.25) is 5.91 Å². The number of likely N-dealkylation sites (N-methyl/N-ethyl adjacent to an activating group) is 1. The molecule has 0 bridgehead atoms. The summed E-state index contributed by atoms with van der Waals surface area (Å²) >= 11 is 0. The zero-order chi connectivity index (χ0) is 17.1. The van der Waals surface area contributed by atoms with Crippen LogP contribution in [0, 0.1) is 0 Å². The molecule has 1 amide bonds. The number of fused-ring (bicyclic) bond motifs is 1. The number of benzene rings is 1. The minimum absolute atomic E-state index is 0.0493. The fraction of sp³-hybridized carbons (Fsp3) is 0.444. The van der Waals surface area contributed by atoms with Gasteiger partial charge in [-0.1, -0.05) is 0 Å². The average Bonchev–Trinajstić information content (AvgIpc) is 2.99. The fourth-order valence-electron chi connectivity index (χ4n) is 3.18. The maximum absolute atomic E-state index is 12.1. The van der Waals surface area contributed by atoms with E-state index in [1.165, 1.54) is 5.69 Å². The van der Waals surface area contributed by atoms with Crippen LogP contribution in [0.4, 0.5) is 0 Å².